The molecule has 1 amide bonds. The van der Waals surface area contributed by atoms with Gasteiger partial charge in [-0.15, -0.1) is 0 Å². The van der Waals surface area contributed by atoms with Crippen LogP contribution >= 0.6 is 0 Å². The lowest BCUT2D eigenvalue weighted by Crippen LogP contribution is -2.15. The predicted octanol–water partition coefficient (Wildman–Crippen LogP) is 4.22. The molecule has 3 aromatic rings. The number of nitrogens with zero attached hydrogens (tertiary/aromatic N) is 2. The highest BCUT2D eigenvalue weighted by molar-refractivity contribution is 6.06. The first-order valence-electron chi connectivity index (χ1n) is 9.76. The highest BCUT2D eigenvalue weighted by Gasteiger charge is 2.18. The average molecular weight is 409 g/mol. The van der Waals surface area contributed by atoms with Gasteiger partial charge in [-0.2, -0.15) is 5.10 Å². The normalized spacial score (nSPS) is 10.6. The summed E-state index contributed by atoms with van der Waals surface area (Å²) in [6.07, 6.45) is 0. The lowest BCUT2D eigenvalue weighted by molar-refractivity contribution is 0.102. The van der Waals surface area contributed by atoms with E-state index in [4.69, 9.17) is 14.2 Å². The standard InChI is InChI=1S/C23H27N3O4/c1-6-30-19-10-8-7-9-18(19)23(27)24-22-15(2)25-26(16(22)3)14-17-11-12-20(28-4)21(13-17)29-5/h7-13H,6,14H2,1-5H3,(H,24,27). The minimum atomic E-state index is -0.226. The van der Waals surface area contributed by atoms with Gasteiger partial charge in [-0.05, 0) is 50.6 Å². The average Bonchev–Trinajstić information content (AvgIpc) is 3.01. The number of carbonyl (C=O) groups is 1. The number of methoxy groups -OCH3 is 2. The van der Waals surface area contributed by atoms with Gasteiger partial charge in [0.15, 0.2) is 11.5 Å². The number of ether oxygens (including phenoxy) is 3. The molecule has 1 N–H and O–H groups in total. The number of aryl methyl sites for hydroxylation is 1. The van der Waals surface area contributed by atoms with Crippen molar-refractivity contribution >= 4 is 11.6 Å². The zero-order valence-corrected chi connectivity index (χ0v) is 18.0. The Balaban J connectivity index is 1.83. The van der Waals surface area contributed by atoms with E-state index < -0.39 is 0 Å². The summed E-state index contributed by atoms with van der Waals surface area (Å²) in [5.74, 6) is 1.68. The lowest BCUT2D eigenvalue weighted by Gasteiger charge is -2.12. The van der Waals surface area contributed by atoms with Crippen LogP contribution in [0.1, 0.15) is 34.2 Å². The van der Waals surface area contributed by atoms with Crippen molar-refractivity contribution in [1.29, 1.82) is 0 Å². The van der Waals surface area contributed by atoms with E-state index in [1.54, 1.807) is 26.4 Å². The summed E-state index contributed by atoms with van der Waals surface area (Å²) < 4.78 is 18.1. The van der Waals surface area contributed by atoms with Crippen molar-refractivity contribution in [3.63, 3.8) is 0 Å². The van der Waals surface area contributed by atoms with Gasteiger partial charge in [0.25, 0.3) is 5.91 Å². The number of hydrogen-bond acceptors (Lipinski definition) is 5. The molecule has 158 valence electrons. The second-order valence-electron chi connectivity index (χ2n) is 6.78. The summed E-state index contributed by atoms with van der Waals surface area (Å²) in [4.78, 5) is 12.9. The molecule has 0 bridgehead atoms. The van der Waals surface area contributed by atoms with Gasteiger partial charge in [-0.1, -0.05) is 18.2 Å². The second-order valence-corrected chi connectivity index (χ2v) is 6.78. The van der Waals surface area contributed by atoms with Crippen molar-refractivity contribution in [2.24, 2.45) is 0 Å². The Bertz CT molecular complexity index is 1040. The van der Waals surface area contributed by atoms with E-state index in [1.165, 1.54) is 0 Å². The van der Waals surface area contributed by atoms with Gasteiger partial charge in [0, 0.05) is 0 Å². The number of para-hydroxylation sites is 1. The minimum Gasteiger partial charge on any atom is -0.493 e. The van der Waals surface area contributed by atoms with E-state index in [0.717, 1.165) is 17.0 Å². The Morgan fingerprint density at radius 2 is 1.77 bits per heavy atom. The molecule has 3 rings (SSSR count). The Morgan fingerprint density at radius 3 is 2.47 bits per heavy atom. The van der Waals surface area contributed by atoms with Crippen molar-refractivity contribution in [3.8, 4) is 17.2 Å². The number of rotatable bonds is 8. The first-order valence-corrected chi connectivity index (χ1v) is 9.76. The van der Waals surface area contributed by atoms with E-state index in [9.17, 15) is 4.79 Å². The molecule has 1 heterocycles. The van der Waals surface area contributed by atoms with E-state index >= 15 is 0 Å². The zero-order chi connectivity index (χ0) is 21.7. The zero-order valence-electron chi connectivity index (χ0n) is 18.0. The summed E-state index contributed by atoms with van der Waals surface area (Å²) >= 11 is 0. The molecule has 7 heteroatoms. The van der Waals surface area contributed by atoms with E-state index in [1.807, 2.05) is 55.8 Å². The molecule has 0 saturated heterocycles. The Morgan fingerprint density at radius 1 is 1.03 bits per heavy atom. The minimum absolute atomic E-state index is 0.226. The van der Waals surface area contributed by atoms with Gasteiger partial charge in [-0.3, -0.25) is 9.48 Å². The maximum absolute atomic E-state index is 12.9. The van der Waals surface area contributed by atoms with Crippen LogP contribution in [0.2, 0.25) is 0 Å². The van der Waals surface area contributed by atoms with E-state index in [2.05, 4.69) is 10.4 Å². The molecule has 0 atom stereocenters. The second kappa shape index (κ2) is 9.35. The number of carbonyl (C=O) groups excluding carboxylic acids is 1. The number of hydrogen-bond donors (Lipinski definition) is 1. The summed E-state index contributed by atoms with van der Waals surface area (Å²) in [7, 11) is 3.22. The first-order chi connectivity index (χ1) is 14.5. The molecule has 0 aliphatic rings. The highest BCUT2D eigenvalue weighted by atomic mass is 16.5. The van der Waals surface area contributed by atoms with E-state index in [0.29, 0.717) is 41.7 Å². The maximum Gasteiger partial charge on any atom is 0.259 e. The van der Waals surface area contributed by atoms with Gasteiger partial charge in [0.2, 0.25) is 0 Å². The molecule has 0 spiro atoms. The molecule has 0 aliphatic heterocycles. The van der Waals surface area contributed by atoms with Crippen molar-refractivity contribution < 1.29 is 19.0 Å². The molecule has 0 radical (unpaired) electrons. The smallest absolute Gasteiger partial charge is 0.259 e. The van der Waals surface area contributed by atoms with Crippen LogP contribution in [0.3, 0.4) is 0 Å². The van der Waals surface area contributed by atoms with Gasteiger partial charge in [0.1, 0.15) is 5.75 Å². The number of amides is 1. The van der Waals surface area contributed by atoms with Gasteiger partial charge in [0.05, 0.1) is 50.0 Å². The van der Waals surface area contributed by atoms with Crippen LogP contribution in [-0.4, -0.2) is 36.5 Å². The monoisotopic (exact) mass is 409 g/mol. The Kier molecular flexibility index (Phi) is 6.61. The third-order valence-corrected chi connectivity index (χ3v) is 4.83. The van der Waals surface area contributed by atoms with Gasteiger partial charge >= 0.3 is 0 Å². The summed E-state index contributed by atoms with van der Waals surface area (Å²) in [5, 5.41) is 7.60. The molecule has 30 heavy (non-hydrogen) atoms. The van der Waals surface area contributed by atoms with Crippen molar-refractivity contribution in [2.75, 3.05) is 26.1 Å². The molecule has 7 nitrogen and oxygen atoms in total. The first kappa shape index (κ1) is 21.2. The van der Waals surface area contributed by atoms with Gasteiger partial charge in [-0.25, -0.2) is 0 Å². The fourth-order valence-corrected chi connectivity index (χ4v) is 3.30. The molecular formula is C23H27N3O4. The number of aromatic nitrogens is 2. The van der Waals surface area contributed by atoms with Crippen molar-refractivity contribution in [1.82, 2.24) is 9.78 Å². The molecule has 0 aliphatic carbocycles. The summed E-state index contributed by atoms with van der Waals surface area (Å²) in [5.41, 5.74) is 3.81. The Hall–Kier alpha value is -3.48. The topological polar surface area (TPSA) is 74.6 Å². The molecule has 0 fully saturated rings. The molecule has 2 aromatic carbocycles. The largest absolute Gasteiger partial charge is 0.493 e. The predicted molar refractivity (Wildman–Crippen MR) is 116 cm³/mol. The Labute approximate surface area is 176 Å². The molecular weight excluding hydrogens is 382 g/mol. The highest BCUT2D eigenvalue weighted by Crippen LogP contribution is 2.29. The summed E-state index contributed by atoms with van der Waals surface area (Å²) in [6, 6.07) is 13.0. The summed E-state index contributed by atoms with van der Waals surface area (Å²) in [6.45, 7) is 6.73. The van der Waals surface area contributed by atoms with Crippen molar-refractivity contribution in [2.45, 2.75) is 27.3 Å². The number of benzene rings is 2. The van der Waals surface area contributed by atoms with Crippen LogP contribution in [0.5, 0.6) is 17.2 Å². The fraction of sp³-hybridized carbons (Fsp3) is 0.304. The van der Waals surface area contributed by atoms with E-state index in [-0.39, 0.29) is 5.91 Å². The van der Waals surface area contributed by atoms with Crippen molar-refractivity contribution in [3.05, 3.63) is 65.0 Å². The maximum atomic E-state index is 12.9. The van der Waals surface area contributed by atoms with Crippen LogP contribution in [0, 0.1) is 13.8 Å². The number of nitrogens with one attached hydrogen (secondary N) is 1. The van der Waals surface area contributed by atoms with Crippen LogP contribution < -0.4 is 19.5 Å². The lowest BCUT2D eigenvalue weighted by atomic mass is 10.1. The molecule has 0 saturated carbocycles. The number of anilines is 1. The third kappa shape index (κ3) is 4.40. The van der Waals surface area contributed by atoms with Crippen LogP contribution in [0.25, 0.3) is 0 Å². The third-order valence-electron chi connectivity index (χ3n) is 4.83. The van der Waals surface area contributed by atoms with Gasteiger partial charge < -0.3 is 19.5 Å². The fourth-order valence-electron chi connectivity index (χ4n) is 3.30. The molecule has 1 aromatic heterocycles. The van der Waals surface area contributed by atoms with Crippen LogP contribution in [-0.2, 0) is 6.54 Å². The SMILES string of the molecule is CCOc1ccccc1C(=O)Nc1c(C)nn(Cc2ccc(OC)c(OC)c2)c1C. The quantitative estimate of drug-likeness (QED) is 0.603. The molecule has 0 unspecified atom stereocenters. The van der Waals surface area contributed by atoms with Crippen LogP contribution in [0.4, 0.5) is 5.69 Å². The van der Waals surface area contributed by atoms with Crippen LogP contribution in [0.15, 0.2) is 42.5 Å².